The first-order valence-electron chi connectivity index (χ1n) is 5.72. The third kappa shape index (κ3) is 2.71. The van der Waals surface area contributed by atoms with Crippen LogP contribution in [0.2, 0.25) is 0 Å². The quantitative estimate of drug-likeness (QED) is 0.879. The summed E-state index contributed by atoms with van der Waals surface area (Å²) in [6, 6.07) is 6.68. The van der Waals surface area contributed by atoms with Gasteiger partial charge in [0.05, 0.1) is 11.4 Å². The number of benzene rings is 1. The van der Waals surface area contributed by atoms with Crippen molar-refractivity contribution in [3.63, 3.8) is 0 Å². The number of hydrogen-bond donors (Lipinski definition) is 1. The highest BCUT2D eigenvalue weighted by atomic mass is 19.1. The molecule has 0 bridgehead atoms. The van der Waals surface area contributed by atoms with Crippen LogP contribution in [0.1, 0.15) is 18.2 Å². The van der Waals surface area contributed by atoms with Crippen molar-refractivity contribution in [3.05, 3.63) is 47.5 Å². The van der Waals surface area contributed by atoms with Gasteiger partial charge in [0.15, 0.2) is 0 Å². The van der Waals surface area contributed by atoms with Gasteiger partial charge in [0.25, 0.3) is 0 Å². The van der Waals surface area contributed by atoms with Crippen molar-refractivity contribution in [1.82, 2.24) is 15.1 Å². The first kappa shape index (κ1) is 11.8. The Kier molecular flexibility index (Phi) is 3.54. The van der Waals surface area contributed by atoms with Crippen molar-refractivity contribution >= 4 is 0 Å². The Balaban J connectivity index is 2.24. The van der Waals surface area contributed by atoms with Crippen LogP contribution in [-0.2, 0) is 6.54 Å². The number of hydrogen-bond acceptors (Lipinski definition) is 2. The van der Waals surface area contributed by atoms with Gasteiger partial charge in [-0.1, -0.05) is 6.92 Å². The lowest BCUT2D eigenvalue weighted by Crippen LogP contribution is -2.12. The van der Waals surface area contributed by atoms with E-state index in [1.807, 2.05) is 19.2 Å². The fraction of sp³-hybridized carbons (Fsp3) is 0.308. The molecule has 0 saturated carbocycles. The number of halogens is 1. The van der Waals surface area contributed by atoms with E-state index in [9.17, 15) is 4.39 Å². The van der Waals surface area contributed by atoms with E-state index >= 15 is 0 Å². The second-order valence-electron chi connectivity index (χ2n) is 3.96. The van der Waals surface area contributed by atoms with E-state index in [0.717, 1.165) is 30.0 Å². The second-order valence-corrected chi connectivity index (χ2v) is 3.96. The minimum Gasteiger partial charge on any atom is -0.311 e. The van der Waals surface area contributed by atoms with Gasteiger partial charge in [0, 0.05) is 12.7 Å². The van der Waals surface area contributed by atoms with Crippen molar-refractivity contribution in [2.75, 3.05) is 6.54 Å². The molecular formula is C13H16FN3. The maximum atomic E-state index is 13.0. The highest BCUT2D eigenvalue weighted by Crippen LogP contribution is 2.14. The third-order valence-corrected chi connectivity index (χ3v) is 2.61. The summed E-state index contributed by atoms with van der Waals surface area (Å²) >= 11 is 0. The number of nitrogens with one attached hydrogen (secondary N) is 1. The Morgan fingerprint density at radius 1 is 1.35 bits per heavy atom. The summed E-state index contributed by atoms with van der Waals surface area (Å²) in [7, 11) is 0. The molecule has 0 radical (unpaired) electrons. The predicted octanol–water partition coefficient (Wildman–Crippen LogP) is 2.43. The average molecular weight is 233 g/mol. The molecule has 3 nitrogen and oxygen atoms in total. The highest BCUT2D eigenvalue weighted by Gasteiger charge is 2.04. The zero-order chi connectivity index (χ0) is 12.3. The van der Waals surface area contributed by atoms with Gasteiger partial charge in [-0.05, 0) is 43.3 Å². The van der Waals surface area contributed by atoms with Gasteiger partial charge in [0.2, 0.25) is 0 Å². The van der Waals surface area contributed by atoms with Gasteiger partial charge < -0.3 is 5.32 Å². The van der Waals surface area contributed by atoms with Crippen LogP contribution in [0, 0.1) is 12.7 Å². The van der Waals surface area contributed by atoms with Crippen molar-refractivity contribution in [2.45, 2.75) is 20.4 Å². The fourth-order valence-electron chi connectivity index (χ4n) is 1.72. The molecule has 0 unspecified atom stereocenters. The predicted molar refractivity (Wildman–Crippen MR) is 65.6 cm³/mol. The monoisotopic (exact) mass is 233 g/mol. The van der Waals surface area contributed by atoms with E-state index in [2.05, 4.69) is 17.3 Å². The highest BCUT2D eigenvalue weighted by molar-refractivity contribution is 5.39. The maximum Gasteiger partial charge on any atom is 0.123 e. The van der Waals surface area contributed by atoms with Crippen LogP contribution >= 0.6 is 0 Å². The summed E-state index contributed by atoms with van der Waals surface area (Å²) in [5.41, 5.74) is 2.77. The first-order valence-corrected chi connectivity index (χ1v) is 5.72. The lowest BCUT2D eigenvalue weighted by Gasteiger charge is -2.05. The summed E-state index contributed by atoms with van der Waals surface area (Å²) in [6.07, 6.45) is 1.90. The summed E-state index contributed by atoms with van der Waals surface area (Å²) < 4.78 is 14.8. The van der Waals surface area contributed by atoms with Crippen LogP contribution in [0.5, 0.6) is 0 Å². The van der Waals surface area contributed by atoms with Gasteiger partial charge in [0.1, 0.15) is 5.82 Å². The van der Waals surface area contributed by atoms with Crippen LogP contribution in [0.25, 0.3) is 5.69 Å². The third-order valence-electron chi connectivity index (χ3n) is 2.61. The molecule has 1 aromatic heterocycles. The fourth-order valence-corrected chi connectivity index (χ4v) is 1.72. The molecule has 0 saturated heterocycles. The Labute approximate surface area is 100 Å². The minimum absolute atomic E-state index is 0.216. The van der Waals surface area contributed by atoms with Crippen molar-refractivity contribution in [3.8, 4) is 5.69 Å². The molecule has 1 heterocycles. The smallest absolute Gasteiger partial charge is 0.123 e. The molecule has 0 spiro atoms. The lowest BCUT2D eigenvalue weighted by molar-refractivity contribution is 0.625. The molecule has 2 rings (SSSR count). The molecule has 1 aromatic carbocycles. The summed E-state index contributed by atoms with van der Waals surface area (Å²) in [6.45, 7) is 5.61. The number of aryl methyl sites for hydroxylation is 1. The largest absolute Gasteiger partial charge is 0.311 e. The molecule has 17 heavy (non-hydrogen) atoms. The molecule has 0 fully saturated rings. The second kappa shape index (κ2) is 5.10. The molecule has 0 aliphatic heterocycles. The van der Waals surface area contributed by atoms with E-state index in [4.69, 9.17) is 0 Å². The van der Waals surface area contributed by atoms with Gasteiger partial charge in [-0.2, -0.15) is 5.10 Å². The zero-order valence-electron chi connectivity index (χ0n) is 10.1. The van der Waals surface area contributed by atoms with Gasteiger partial charge in [-0.15, -0.1) is 0 Å². The van der Waals surface area contributed by atoms with Crippen LogP contribution < -0.4 is 5.32 Å². The maximum absolute atomic E-state index is 13.0. The topological polar surface area (TPSA) is 29.9 Å². The molecule has 4 heteroatoms. The SMILES string of the molecule is CCNCc1ccn(-c2ccc(F)cc2C)n1. The summed E-state index contributed by atoms with van der Waals surface area (Å²) in [4.78, 5) is 0. The summed E-state index contributed by atoms with van der Waals surface area (Å²) in [5, 5.41) is 7.66. The molecule has 0 atom stereocenters. The number of aromatic nitrogens is 2. The molecule has 90 valence electrons. The van der Waals surface area contributed by atoms with Crippen LogP contribution in [0.15, 0.2) is 30.5 Å². The normalized spacial score (nSPS) is 10.8. The van der Waals surface area contributed by atoms with Crippen molar-refractivity contribution in [1.29, 1.82) is 0 Å². The van der Waals surface area contributed by atoms with E-state index in [0.29, 0.717) is 0 Å². The first-order chi connectivity index (χ1) is 8.20. The van der Waals surface area contributed by atoms with Crippen LogP contribution in [-0.4, -0.2) is 16.3 Å². The van der Waals surface area contributed by atoms with Crippen molar-refractivity contribution < 1.29 is 4.39 Å². The summed E-state index contributed by atoms with van der Waals surface area (Å²) in [5.74, 6) is -0.216. The van der Waals surface area contributed by atoms with Crippen LogP contribution in [0.4, 0.5) is 4.39 Å². The van der Waals surface area contributed by atoms with E-state index < -0.39 is 0 Å². The molecular weight excluding hydrogens is 217 g/mol. The number of nitrogens with zero attached hydrogens (tertiary/aromatic N) is 2. The Morgan fingerprint density at radius 2 is 2.18 bits per heavy atom. The standard InChI is InChI=1S/C13H16FN3/c1-3-15-9-12-6-7-17(16-12)13-5-4-11(14)8-10(13)2/h4-8,15H,3,9H2,1-2H3. The molecule has 0 amide bonds. The minimum atomic E-state index is -0.216. The average Bonchev–Trinajstić information content (AvgIpc) is 2.75. The van der Waals surface area contributed by atoms with E-state index in [1.54, 1.807) is 10.7 Å². The Hall–Kier alpha value is -1.68. The van der Waals surface area contributed by atoms with Gasteiger partial charge >= 0.3 is 0 Å². The Morgan fingerprint density at radius 3 is 2.88 bits per heavy atom. The van der Waals surface area contributed by atoms with Gasteiger partial charge in [-0.3, -0.25) is 0 Å². The molecule has 2 aromatic rings. The van der Waals surface area contributed by atoms with E-state index in [1.165, 1.54) is 12.1 Å². The van der Waals surface area contributed by atoms with E-state index in [-0.39, 0.29) is 5.82 Å². The van der Waals surface area contributed by atoms with Crippen molar-refractivity contribution in [2.24, 2.45) is 0 Å². The Bertz CT molecular complexity index is 505. The zero-order valence-corrected chi connectivity index (χ0v) is 10.1. The molecule has 0 aliphatic rings. The molecule has 1 N–H and O–H groups in total. The lowest BCUT2D eigenvalue weighted by atomic mass is 10.2. The number of rotatable bonds is 4. The van der Waals surface area contributed by atoms with Gasteiger partial charge in [-0.25, -0.2) is 9.07 Å². The molecule has 0 aliphatic carbocycles. The van der Waals surface area contributed by atoms with Crippen LogP contribution in [0.3, 0.4) is 0 Å².